The number of halogens is 4. The zero-order valence-corrected chi connectivity index (χ0v) is 15.2. The molecule has 1 aromatic carbocycles. The molecule has 1 aromatic rings. The van der Waals surface area contributed by atoms with E-state index in [1.54, 1.807) is 6.07 Å². The van der Waals surface area contributed by atoms with E-state index in [1.807, 2.05) is 12.1 Å². The maximum Gasteiger partial charge on any atom is 0.253 e. The van der Waals surface area contributed by atoms with Gasteiger partial charge in [0, 0.05) is 45.6 Å². The average molecular weight is 393 g/mol. The fraction of sp³-hybridized carbons (Fsp3) is 0.588. The minimum absolute atomic E-state index is 0.0818. The van der Waals surface area contributed by atoms with Gasteiger partial charge >= 0.3 is 0 Å². The summed E-state index contributed by atoms with van der Waals surface area (Å²) in [7, 11) is 0. The molecule has 8 heteroatoms. The zero-order chi connectivity index (χ0) is 18.0. The number of alkyl halides is 2. The number of morpholine rings is 1. The van der Waals surface area contributed by atoms with Crippen LogP contribution in [0.5, 0.6) is 0 Å². The van der Waals surface area contributed by atoms with Crippen LogP contribution < -0.4 is 0 Å². The smallest absolute Gasteiger partial charge is 0.253 e. The molecule has 0 N–H and O–H groups in total. The summed E-state index contributed by atoms with van der Waals surface area (Å²) in [5.74, 6) is -2.86. The Kier molecular flexibility index (Phi) is 5.83. The molecule has 1 unspecified atom stereocenters. The number of carbonyl (C=O) groups excluding carboxylic acids is 1. The van der Waals surface area contributed by atoms with Gasteiger partial charge in [0.15, 0.2) is 0 Å². The summed E-state index contributed by atoms with van der Waals surface area (Å²) >= 11 is 12.0. The Labute approximate surface area is 155 Å². The van der Waals surface area contributed by atoms with E-state index in [0.717, 1.165) is 5.56 Å². The third-order valence-corrected chi connectivity index (χ3v) is 5.36. The normalized spacial score (nSPS) is 24.3. The standard InChI is InChI=1S/C17H20Cl2F2N2O2/c18-13-2-1-12(9-14(13)19)10-22-7-8-25-15(11-22)16(24)23-5-3-17(20,21)4-6-23/h1-2,9,15H,3-8,10-11H2. The number of nitrogens with zero attached hydrogens (tertiary/aromatic N) is 2. The molecule has 25 heavy (non-hydrogen) atoms. The minimum Gasteiger partial charge on any atom is -0.366 e. The molecule has 0 aromatic heterocycles. The van der Waals surface area contributed by atoms with Crippen molar-refractivity contribution in [1.82, 2.24) is 9.80 Å². The molecule has 0 radical (unpaired) electrons. The van der Waals surface area contributed by atoms with Gasteiger partial charge in [-0.1, -0.05) is 29.3 Å². The highest BCUT2D eigenvalue weighted by Crippen LogP contribution is 2.28. The summed E-state index contributed by atoms with van der Waals surface area (Å²) in [5, 5.41) is 0.997. The summed E-state index contributed by atoms with van der Waals surface area (Å²) < 4.78 is 32.1. The molecule has 1 atom stereocenters. The van der Waals surface area contributed by atoms with Crippen LogP contribution in [0.4, 0.5) is 8.78 Å². The molecule has 0 spiro atoms. The molecule has 2 aliphatic rings. The first kappa shape index (κ1) is 18.8. The first-order chi connectivity index (χ1) is 11.8. The number of hydrogen-bond acceptors (Lipinski definition) is 3. The minimum atomic E-state index is -2.66. The third-order valence-electron chi connectivity index (χ3n) is 4.62. The molecule has 0 bridgehead atoms. The Morgan fingerprint density at radius 1 is 1.20 bits per heavy atom. The Morgan fingerprint density at radius 3 is 2.60 bits per heavy atom. The van der Waals surface area contributed by atoms with Crippen LogP contribution in [0.2, 0.25) is 10.0 Å². The summed E-state index contributed by atoms with van der Waals surface area (Å²) in [6, 6.07) is 5.45. The van der Waals surface area contributed by atoms with Crippen molar-refractivity contribution in [2.24, 2.45) is 0 Å². The summed E-state index contributed by atoms with van der Waals surface area (Å²) in [4.78, 5) is 16.1. The zero-order valence-electron chi connectivity index (χ0n) is 13.7. The van der Waals surface area contributed by atoms with Crippen molar-refractivity contribution >= 4 is 29.1 Å². The number of amides is 1. The van der Waals surface area contributed by atoms with E-state index in [4.69, 9.17) is 27.9 Å². The van der Waals surface area contributed by atoms with Gasteiger partial charge in [-0.2, -0.15) is 0 Å². The number of hydrogen-bond donors (Lipinski definition) is 0. The number of benzene rings is 1. The largest absolute Gasteiger partial charge is 0.366 e. The highest BCUT2D eigenvalue weighted by atomic mass is 35.5. The Morgan fingerprint density at radius 2 is 1.92 bits per heavy atom. The Bertz CT molecular complexity index is 635. The van der Waals surface area contributed by atoms with E-state index >= 15 is 0 Å². The quantitative estimate of drug-likeness (QED) is 0.789. The molecule has 3 rings (SSSR count). The van der Waals surface area contributed by atoms with Crippen molar-refractivity contribution in [1.29, 1.82) is 0 Å². The number of carbonyl (C=O) groups is 1. The molecule has 0 aliphatic carbocycles. The van der Waals surface area contributed by atoms with Crippen molar-refractivity contribution in [2.45, 2.75) is 31.4 Å². The van der Waals surface area contributed by atoms with Gasteiger partial charge in [0.25, 0.3) is 11.8 Å². The monoisotopic (exact) mass is 392 g/mol. The van der Waals surface area contributed by atoms with Crippen LogP contribution >= 0.6 is 23.2 Å². The summed E-state index contributed by atoms with van der Waals surface area (Å²) in [5.41, 5.74) is 1.00. The van der Waals surface area contributed by atoms with Crippen LogP contribution in [0.25, 0.3) is 0 Å². The van der Waals surface area contributed by atoms with Crippen molar-refractivity contribution in [3.63, 3.8) is 0 Å². The van der Waals surface area contributed by atoms with Crippen LogP contribution in [0, 0.1) is 0 Å². The van der Waals surface area contributed by atoms with Crippen molar-refractivity contribution < 1.29 is 18.3 Å². The fourth-order valence-corrected chi connectivity index (χ4v) is 3.47. The van der Waals surface area contributed by atoms with E-state index in [0.29, 0.717) is 36.3 Å². The maximum atomic E-state index is 13.3. The Hall–Kier alpha value is -0.950. The molecular weight excluding hydrogens is 373 g/mol. The van der Waals surface area contributed by atoms with Gasteiger partial charge in [-0.15, -0.1) is 0 Å². The van der Waals surface area contributed by atoms with Crippen LogP contribution in [0.15, 0.2) is 18.2 Å². The molecule has 2 heterocycles. The predicted molar refractivity (Wildman–Crippen MR) is 92.2 cm³/mol. The summed E-state index contributed by atoms with van der Waals surface area (Å²) in [6.45, 7) is 2.36. The van der Waals surface area contributed by atoms with Gasteiger partial charge in [-0.05, 0) is 17.7 Å². The van der Waals surface area contributed by atoms with Crippen molar-refractivity contribution in [2.75, 3.05) is 32.8 Å². The van der Waals surface area contributed by atoms with Gasteiger partial charge in [0.05, 0.1) is 16.7 Å². The second-order valence-corrected chi connectivity index (χ2v) is 7.34. The van der Waals surface area contributed by atoms with Gasteiger partial charge in [-0.25, -0.2) is 8.78 Å². The lowest BCUT2D eigenvalue weighted by molar-refractivity contribution is -0.155. The van der Waals surface area contributed by atoms with E-state index in [-0.39, 0.29) is 31.8 Å². The lowest BCUT2D eigenvalue weighted by atomic mass is 10.1. The van der Waals surface area contributed by atoms with Crippen LogP contribution in [0.1, 0.15) is 18.4 Å². The van der Waals surface area contributed by atoms with E-state index in [2.05, 4.69) is 4.90 Å². The Balaban J connectivity index is 1.57. The van der Waals surface area contributed by atoms with Gasteiger partial charge in [0.2, 0.25) is 0 Å². The lowest BCUT2D eigenvalue weighted by Crippen LogP contribution is -2.53. The molecular formula is C17H20Cl2F2N2O2. The molecule has 0 saturated carbocycles. The first-order valence-electron chi connectivity index (χ1n) is 8.28. The average Bonchev–Trinajstić information content (AvgIpc) is 2.58. The van der Waals surface area contributed by atoms with Gasteiger partial charge in [0.1, 0.15) is 6.10 Å². The molecule has 1 amide bonds. The van der Waals surface area contributed by atoms with E-state index in [1.165, 1.54) is 4.90 Å². The van der Waals surface area contributed by atoms with Crippen molar-refractivity contribution in [3.8, 4) is 0 Å². The van der Waals surface area contributed by atoms with Gasteiger partial charge in [-0.3, -0.25) is 9.69 Å². The second-order valence-electron chi connectivity index (χ2n) is 6.52. The fourth-order valence-electron chi connectivity index (χ4n) is 3.15. The second kappa shape index (κ2) is 7.74. The molecule has 2 saturated heterocycles. The van der Waals surface area contributed by atoms with Crippen LogP contribution in [-0.2, 0) is 16.1 Å². The number of piperidine rings is 1. The van der Waals surface area contributed by atoms with Gasteiger partial charge < -0.3 is 9.64 Å². The van der Waals surface area contributed by atoms with E-state index in [9.17, 15) is 13.6 Å². The molecule has 138 valence electrons. The van der Waals surface area contributed by atoms with Crippen LogP contribution in [0.3, 0.4) is 0 Å². The molecule has 2 aliphatic heterocycles. The van der Waals surface area contributed by atoms with E-state index < -0.39 is 12.0 Å². The predicted octanol–water partition coefficient (Wildman–Crippen LogP) is 3.45. The molecule has 4 nitrogen and oxygen atoms in total. The molecule has 2 fully saturated rings. The highest BCUT2D eigenvalue weighted by Gasteiger charge is 2.38. The number of rotatable bonds is 3. The first-order valence-corrected chi connectivity index (χ1v) is 9.04. The number of ether oxygens (including phenoxy) is 1. The van der Waals surface area contributed by atoms with Crippen LogP contribution in [-0.4, -0.2) is 60.5 Å². The maximum absolute atomic E-state index is 13.3. The SMILES string of the molecule is O=C(C1CN(Cc2ccc(Cl)c(Cl)c2)CCO1)N1CCC(F)(F)CC1. The van der Waals surface area contributed by atoms with Crippen molar-refractivity contribution in [3.05, 3.63) is 33.8 Å². The number of likely N-dealkylation sites (tertiary alicyclic amines) is 1. The topological polar surface area (TPSA) is 32.8 Å². The highest BCUT2D eigenvalue weighted by molar-refractivity contribution is 6.42. The lowest BCUT2D eigenvalue weighted by Gasteiger charge is -2.37. The summed E-state index contributed by atoms with van der Waals surface area (Å²) in [6.07, 6.45) is -1.17. The third kappa shape index (κ3) is 4.82.